The lowest BCUT2D eigenvalue weighted by Gasteiger charge is -2.14. The number of amides is 1. The SMILES string of the molecule is CCCNC(CSc1ccc(C)cc1)C(N)=O. The molecule has 3 nitrogen and oxygen atoms in total. The van der Waals surface area contributed by atoms with Gasteiger partial charge in [0.15, 0.2) is 0 Å². The van der Waals surface area contributed by atoms with Gasteiger partial charge >= 0.3 is 0 Å². The molecule has 94 valence electrons. The van der Waals surface area contributed by atoms with Crippen LogP contribution < -0.4 is 11.1 Å². The van der Waals surface area contributed by atoms with Gasteiger partial charge in [-0.1, -0.05) is 24.6 Å². The molecule has 1 amide bonds. The smallest absolute Gasteiger partial charge is 0.235 e. The van der Waals surface area contributed by atoms with Gasteiger partial charge in [-0.15, -0.1) is 11.8 Å². The van der Waals surface area contributed by atoms with Crippen LogP contribution in [0, 0.1) is 6.92 Å². The van der Waals surface area contributed by atoms with Crippen molar-refractivity contribution in [1.82, 2.24) is 5.32 Å². The maximum absolute atomic E-state index is 11.2. The van der Waals surface area contributed by atoms with Gasteiger partial charge in [-0.25, -0.2) is 0 Å². The lowest BCUT2D eigenvalue weighted by Crippen LogP contribution is -2.43. The predicted octanol–water partition coefficient (Wildman–Crippen LogP) is 1.94. The van der Waals surface area contributed by atoms with Gasteiger partial charge in [0, 0.05) is 10.6 Å². The standard InChI is InChI=1S/C13H20N2OS/c1-3-8-15-12(13(14)16)9-17-11-6-4-10(2)5-7-11/h4-7,12,15H,3,8-9H2,1-2H3,(H2,14,16). The fraction of sp³-hybridized carbons (Fsp3) is 0.462. The van der Waals surface area contributed by atoms with E-state index in [9.17, 15) is 4.79 Å². The number of benzene rings is 1. The van der Waals surface area contributed by atoms with Crippen molar-refractivity contribution in [3.63, 3.8) is 0 Å². The van der Waals surface area contributed by atoms with Crippen molar-refractivity contribution in [2.24, 2.45) is 5.73 Å². The van der Waals surface area contributed by atoms with E-state index in [1.807, 2.05) is 0 Å². The number of carbonyl (C=O) groups excluding carboxylic acids is 1. The Kier molecular flexibility index (Phi) is 6.08. The Morgan fingerprint density at radius 2 is 2.06 bits per heavy atom. The molecule has 1 rings (SSSR count). The van der Waals surface area contributed by atoms with E-state index in [4.69, 9.17) is 5.73 Å². The zero-order valence-electron chi connectivity index (χ0n) is 10.4. The third-order valence-corrected chi connectivity index (χ3v) is 3.53. The fourth-order valence-electron chi connectivity index (χ4n) is 1.37. The Morgan fingerprint density at radius 3 is 2.59 bits per heavy atom. The molecule has 1 atom stereocenters. The minimum absolute atomic E-state index is 0.249. The van der Waals surface area contributed by atoms with Crippen LogP contribution >= 0.6 is 11.8 Å². The van der Waals surface area contributed by atoms with E-state index < -0.39 is 0 Å². The third kappa shape index (κ3) is 5.24. The summed E-state index contributed by atoms with van der Waals surface area (Å²) in [5, 5.41) is 3.16. The molecule has 0 aromatic heterocycles. The average Bonchev–Trinajstić information content (AvgIpc) is 2.31. The molecule has 4 heteroatoms. The highest BCUT2D eigenvalue weighted by atomic mass is 32.2. The highest BCUT2D eigenvalue weighted by Crippen LogP contribution is 2.19. The first kappa shape index (κ1) is 14.1. The number of aryl methyl sites for hydroxylation is 1. The number of nitrogens with one attached hydrogen (secondary N) is 1. The molecule has 1 unspecified atom stereocenters. The Bertz CT molecular complexity index is 351. The maximum Gasteiger partial charge on any atom is 0.235 e. The normalized spacial score (nSPS) is 12.4. The minimum atomic E-state index is -0.280. The van der Waals surface area contributed by atoms with Gasteiger partial charge in [-0.2, -0.15) is 0 Å². The molecule has 0 heterocycles. The largest absolute Gasteiger partial charge is 0.368 e. The number of carbonyl (C=O) groups is 1. The van der Waals surface area contributed by atoms with Crippen molar-refractivity contribution >= 4 is 17.7 Å². The van der Waals surface area contributed by atoms with Crippen LogP contribution in [0.2, 0.25) is 0 Å². The topological polar surface area (TPSA) is 55.1 Å². The molecule has 0 spiro atoms. The monoisotopic (exact) mass is 252 g/mol. The molecule has 0 saturated carbocycles. The fourth-order valence-corrected chi connectivity index (χ4v) is 2.34. The zero-order valence-corrected chi connectivity index (χ0v) is 11.2. The second-order valence-corrected chi connectivity index (χ2v) is 5.13. The van der Waals surface area contributed by atoms with Crippen LogP contribution in [0.3, 0.4) is 0 Å². The summed E-state index contributed by atoms with van der Waals surface area (Å²) in [5.74, 6) is 0.399. The highest BCUT2D eigenvalue weighted by Gasteiger charge is 2.14. The highest BCUT2D eigenvalue weighted by molar-refractivity contribution is 7.99. The van der Waals surface area contributed by atoms with Gasteiger partial charge < -0.3 is 11.1 Å². The zero-order chi connectivity index (χ0) is 12.7. The van der Waals surface area contributed by atoms with Crippen molar-refractivity contribution in [2.45, 2.75) is 31.2 Å². The summed E-state index contributed by atoms with van der Waals surface area (Å²) in [5.41, 5.74) is 6.59. The van der Waals surface area contributed by atoms with Gasteiger partial charge in [0.05, 0.1) is 6.04 Å². The van der Waals surface area contributed by atoms with Crippen molar-refractivity contribution in [2.75, 3.05) is 12.3 Å². The predicted molar refractivity (Wildman–Crippen MR) is 73.2 cm³/mol. The molecule has 0 radical (unpaired) electrons. The van der Waals surface area contributed by atoms with Crippen molar-refractivity contribution in [3.05, 3.63) is 29.8 Å². The average molecular weight is 252 g/mol. The van der Waals surface area contributed by atoms with Gasteiger partial charge in [0.25, 0.3) is 0 Å². The molecule has 0 bridgehead atoms. The van der Waals surface area contributed by atoms with Crippen LogP contribution in [0.1, 0.15) is 18.9 Å². The van der Waals surface area contributed by atoms with E-state index in [0.717, 1.165) is 13.0 Å². The second kappa shape index (κ2) is 7.35. The third-order valence-electron chi connectivity index (χ3n) is 2.42. The number of nitrogens with two attached hydrogens (primary N) is 1. The lowest BCUT2D eigenvalue weighted by atomic mass is 10.2. The summed E-state index contributed by atoms with van der Waals surface area (Å²) in [6.07, 6.45) is 0.999. The molecule has 0 aliphatic carbocycles. The van der Waals surface area contributed by atoms with Crippen molar-refractivity contribution < 1.29 is 4.79 Å². The molecule has 17 heavy (non-hydrogen) atoms. The summed E-state index contributed by atoms with van der Waals surface area (Å²) in [6, 6.07) is 8.03. The second-order valence-electron chi connectivity index (χ2n) is 4.03. The van der Waals surface area contributed by atoms with Gasteiger partial charge in [0.2, 0.25) is 5.91 Å². The minimum Gasteiger partial charge on any atom is -0.368 e. The molecular formula is C13H20N2OS. The number of rotatable bonds is 7. The number of thioether (sulfide) groups is 1. The van der Waals surface area contributed by atoms with Crippen LogP contribution in [0.25, 0.3) is 0 Å². The first-order valence-corrected chi connectivity index (χ1v) is 6.84. The summed E-state index contributed by atoms with van der Waals surface area (Å²) < 4.78 is 0. The maximum atomic E-state index is 11.2. The molecule has 0 aliphatic rings. The molecule has 0 fully saturated rings. The van der Waals surface area contributed by atoms with Crippen LogP contribution in [0.4, 0.5) is 0 Å². The van der Waals surface area contributed by atoms with E-state index in [1.165, 1.54) is 10.5 Å². The van der Waals surface area contributed by atoms with Gasteiger partial charge in [-0.05, 0) is 32.0 Å². The Hall–Kier alpha value is -1.00. The quantitative estimate of drug-likeness (QED) is 0.729. The van der Waals surface area contributed by atoms with Crippen LogP contribution in [-0.2, 0) is 4.79 Å². The molecule has 1 aromatic rings. The molecule has 3 N–H and O–H groups in total. The van der Waals surface area contributed by atoms with Crippen LogP contribution in [0.15, 0.2) is 29.2 Å². The Balaban J connectivity index is 2.45. The number of primary amides is 1. The van der Waals surface area contributed by atoms with Crippen molar-refractivity contribution in [3.8, 4) is 0 Å². The van der Waals surface area contributed by atoms with Crippen LogP contribution in [-0.4, -0.2) is 24.2 Å². The van der Waals surface area contributed by atoms with E-state index in [0.29, 0.717) is 5.75 Å². The number of hydrogen-bond acceptors (Lipinski definition) is 3. The Morgan fingerprint density at radius 1 is 1.41 bits per heavy atom. The lowest BCUT2D eigenvalue weighted by molar-refractivity contribution is -0.119. The van der Waals surface area contributed by atoms with Gasteiger partial charge in [-0.3, -0.25) is 4.79 Å². The molecule has 0 saturated heterocycles. The van der Waals surface area contributed by atoms with Crippen molar-refractivity contribution in [1.29, 1.82) is 0 Å². The summed E-state index contributed by atoms with van der Waals surface area (Å²) >= 11 is 1.65. The summed E-state index contributed by atoms with van der Waals surface area (Å²) in [6.45, 7) is 4.95. The van der Waals surface area contributed by atoms with E-state index in [2.05, 4.69) is 43.4 Å². The Labute approximate surface area is 107 Å². The first-order chi connectivity index (χ1) is 8.13. The number of hydrogen-bond donors (Lipinski definition) is 2. The van der Waals surface area contributed by atoms with E-state index in [1.54, 1.807) is 11.8 Å². The molecular weight excluding hydrogens is 232 g/mol. The van der Waals surface area contributed by atoms with Crippen LogP contribution in [0.5, 0.6) is 0 Å². The van der Waals surface area contributed by atoms with E-state index >= 15 is 0 Å². The molecule has 0 aliphatic heterocycles. The first-order valence-electron chi connectivity index (χ1n) is 5.85. The summed E-state index contributed by atoms with van der Waals surface area (Å²) in [7, 11) is 0. The molecule has 1 aromatic carbocycles. The summed E-state index contributed by atoms with van der Waals surface area (Å²) in [4.78, 5) is 12.4. The van der Waals surface area contributed by atoms with Gasteiger partial charge in [0.1, 0.15) is 0 Å². The van der Waals surface area contributed by atoms with E-state index in [-0.39, 0.29) is 11.9 Å².